The summed E-state index contributed by atoms with van der Waals surface area (Å²) in [6.45, 7) is 4.84. The Bertz CT molecular complexity index is 376. The predicted octanol–water partition coefficient (Wildman–Crippen LogP) is 3.42. The Hall–Kier alpha value is -0.730. The number of hydrogen-bond donors (Lipinski definition) is 1. The molecule has 1 atom stereocenters. The van der Waals surface area contributed by atoms with Gasteiger partial charge in [-0.1, -0.05) is 17.7 Å². The number of nitrogens with one attached hydrogen (secondary N) is 1. The topological polar surface area (TPSA) is 21.3 Å². The summed E-state index contributed by atoms with van der Waals surface area (Å²) < 4.78 is 5.42. The van der Waals surface area contributed by atoms with Gasteiger partial charge >= 0.3 is 0 Å². The number of rotatable bonds is 6. The lowest BCUT2D eigenvalue weighted by Crippen LogP contribution is -2.29. The van der Waals surface area contributed by atoms with Crippen LogP contribution in [0.5, 0.6) is 5.75 Å². The average Bonchev–Trinajstić information content (AvgIpc) is 3.06. The van der Waals surface area contributed by atoms with Gasteiger partial charge in [-0.05, 0) is 50.8 Å². The third-order valence-corrected chi connectivity index (χ3v) is 3.23. The van der Waals surface area contributed by atoms with Gasteiger partial charge in [-0.15, -0.1) is 0 Å². The molecule has 0 bridgehead atoms. The van der Waals surface area contributed by atoms with Crippen molar-refractivity contribution in [3.63, 3.8) is 0 Å². The second-order valence-electron chi connectivity index (χ2n) is 4.74. The smallest absolute Gasteiger partial charge is 0.137 e. The Labute approximate surface area is 108 Å². The average molecular weight is 254 g/mol. The number of ether oxygens (including phenoxy) is 1. The first-order valence-electron chi connectivity index (χ1n) is 6.36. The Morgan fingerprint density at radius 2 is 2.24 bits per heavy atom. The SMILES string of the molecule is CCOc1ccc(CC(C)NC2CC2)cc1Cl. The predicted molar refractivity (Wildman–Crippen MR) is 71.9 cm³/mol. The van der Waals surface area contributed by atoms with Gasteiger partial charge in [0.25, 0.3) is 0 Å². The van der Waals surface area contributed by atoms with E-state index in [0.717, 1.165) is 18.2 Å². The van der Waals surface area contributed by atoms with Crippen molar-refractivity contribution in [2.75, 3.05) is 6.61 Å². The van der Waals surface area contributed by atoms with Crippen LogP contribution >= 0.6 is 11.6 Å². The van der Waals surface area contributed by atoms with E-state index in [9.17, 15) is 0 Å². The van der Waals surface area contributed by atoms with Crippen molar-refractivity contribution in [1.82, 2.24) is 5.32 Å². The van der Waals surface area contributed by atoms with Gasteiger partial charge in [0, 0.05) is 12.1 Å². The van der Waals surface area contributed by atoms with E-state index in [2.05, 4.69) is 18.3 Å². The molecule has 1 aromatic rings. The molecule has 1 unspecified atom stereocenters. The van der Waals surface area contributed by atoms with Crippen molar-refractivity contribution >= 4 is 11.6 Å². The van der Waals surface area contributed by atoms with E-state index in [1.807, 2.05) is 19.1 Å². The van der Waals surface area contributed by atoms with E-state index in [1.165, 1.54) is 18.4 Å². The number of hydrogen-bond acceptors (Lipinski definition) is 2. The second kappa shape index (κ2) is 5.74. The number of benzene rings is 1. The summed E-state index contributed by atoms with van der Waals surface area (Å²) in [6, 6.07) is 7.34. The van der Waals surface area contributed by atoms with Gasteiger partial charge < -0.3 is 10.1 Å². The van der Waals surface area contributed by atoms with Gasteiger partial charge in [0.2, 0.25) is 0 Å². The Kier molecular flexibility index (Phi) is 4.30. The van der Waals surface area contributed by atoms with Gasteiger partial charge in [0.1, 0.15) is 5.75 Å². The summed E-state index contributed by atoms with van der Waals surface area (Å²) in [7, 11) is 0. The number of halogens is 1. The highest BCUT2D eigenvalue weighted by Gasteiger charge is 2.22. The Morgan fingerprint density at radius 3 is 2.82 bits per heavy atom. The summed E-state index contributed by atoms with van der Waals surface area (Å²) >= 11 is 6.16. The molecular formula is C14H20ClNO. The Balaban J connectivity index is 1.93. The lowest BCUT2D eigenvalue weighted by atomic mass is 10.1. The van der Waals surface area contributed by atoms with E-state index in [-0.39, 0.29) is 0 Å². The highest BCUT2D eigenvalue weighted by molar-refractivity contribution is 6.32. The minimum absolute atomic E-state index is 0.511. The fraction of sp³-hybridized carbons (Fsp3) is 0.571. The summed E-state index contributed by atoms with van der Waals surface area (Å²) in [6.07, 6.45) is 3.67. The monoisotopic (exact) mass is 253 g/mol. The summed E-state index contributed by atoms with van der Waals surface area (Å²) in [5.74, 6) is 0.778. The third kappa shape index (κ3) is 3.90. The van der Waals surface area contributed by atoms with E-state index in [1.54, 1.807) is 0 Å². The van der Waals surface area contributed by atoms with Gasteiger partial charge in [-0.25, -0.2) is 0 Å². The maximum Gasteiger partial charge on any atom is 0.137 e. The third-order valence-electron chi connectivity index (χ3n) is 2.94. The zero-order valence-electron chi connectivity index (χ0n) is 10.5. The molecule has 1 fully saturated rings. The van der Waals surface area contributed by atoms with Crippen LogP contribution in [0.1, 0.15) is 32.3 Å². The van der Waals surface area contributed by atoms with E-state index in [0.29, 0.717) is 17.7 Å². The van der Waals surface area contributed by atoms with Crippen molar-refractivity contribution in [1.29, 1.82) is 0 Å². The van der Waals surface area contributed by atoms with Crippen molar-refractivity contribution < 1.29 is 4.74 Å². The minimum atomic E-state index is 0.511. The molecule has 0 saturated heterocycles. The minimum Gasteiger partial charge on any atom is -0.492 e. The van der Waals surface area contributed by atoms with Crippen molar-refractivity contribution in [2.24, 2.45) is 0 Å². The molecule has 1 saturated carbocycles. The van der Waals surface area contributed by atoms with Crippen molar-refractivity contribution in [3.8, 4) is 5.75 Å². The standard InChI is InChI=1S/C14H20ClNO/c1-3-17-14-7-4-11(9-13(14)15)8-10(2)16-12-5-6-12/h4,7,9-10,12,16H,3,5-6,8H2,1-2H3. The van der Waals surface area contributed by atoms with E-state index in [4.69, 9.17) is 16.3 Å². The normalized spacial score (nSPS) is 16.9. The molecule has 1 aliphatic carbocycles. The van der Waals surface area contributed by atoms with Crippen LogP contribution in [0.4, 0.5) is 0 Å². The van der Waals surface area contributed by atoms with Crippen LogP contribution in [0.2, 0.25) is 5.02 Å². The molecule has 1 N–H and O–H groups in total. The van der Waals surface area contributed by atoms with Crippen LogP contribution < -0.4 is 10.1 Å². The lowest BCUT2D eigenvalue weighted by molar-refractivity contribution is 0.340. The van der Waals surface area contributed by atoms with Crippen LogP contribution in [0.3, 0.4) is 0 Å². The molecule has 0 spiro atoms. The molecule has 0 heterocycles. The molecule has 1 aliphatic rings. The Morgan fingerprint density at radius 1 is 1.47 bits per heavy atom. The first-order chi connectivity index (χ1) is 8.19. The molecule has 3 heteroatoms. The molecule has 17 heavy (non-hydrogen) atoms. The molecule has 2 nitrogen and oxygen atoms in total. The molecule has 0 aliphatic heterocycles. The highest BCUT2D eigenvalue weighted by Crippen LogP contribution is 2.26. The summed E-state index contributed by atoms with van der Waals surface area (Å²) in [5.41, 5.74) is 1.26. The van der Waals surface area contributed by atoms with Crippen LogP contribution in [0.25, 0.3) is 0 Å². The zero-order valence-corrected chi connectivity index (χ0v) is 11.3. The summed E-state index contributed by atoms with van der Waals surface area (Å²) in [4.78, 5) is 0. The molecular weight excluding hydrogens is 234 g/mol. The van der Waals surface area contributed by atoms with Gasteiger partial charge in [-0.3, -0.25) is 0 Å². The van der Waals surface area contributed by atoms with Crippen LogP contribution in [-0.4, -0.2) is 18.7 Å². The summed E-state index contributed by atoms with van der Waals surface area (Å²) in [5, 5.41) is 4.30. The van der Waals surface area contributed by atoms with Crippen LogP contribution in [-0.2, 0) is 6.42 Å². The lowest BCUT2D eigenvalue weighted by Gasteiger charge is -2.14. The maximum atomic E-state index is 6.16. The quantitative estimate of drug-likeness (QED) is 0.839. The van der Waals surface area contributed by atoms with Gasteiger partial charge in [-0.2, -0.15) is 0 Å². The zero-order chi connectivity index (χ0) is 12.3. The second-order valence-corrected chi connectivity index (χ2v) is 5.15. The van der Waals surface area contributed by atoms with E-state index >= 15 is 0 Å². The highest BCUT2D eigenvalue weighted by atomic mass is 35.5. The fourth-order valence-electron chi connectivity index (χ4n) is 2.01. The van der Waals surface area contributed by atoms with E-state index < -0.39 is 0 Å². The molecule has 0 amide bonds. The molecule has 2 rings (SSSR count). The first-order valence-corrected chi connectivity index (χ1v) is 6.74. The van der Waals surface area contributed by atoms with Crippen molar-refractivity contribution in [2.45, 2.75) is 45.2 Å². The largest absolute Gasteiger partial charge is 0.492 e. The van der Waals surface area contributed by atoms with Gasteiger partial charge in [0.05, 0.1) is 11.6 Å². The molecule has 1 aromatic carbocycles. The maximum absolute atomic E-state index is 6.16. The van der Waals surface area contributed by atoms with Crippen molar-refractivity contribution in [3.05, 3.63) is 28.8 Å². The molecule has 0 radical (unpaired) electrons. The van der Waals surface area contributed by atoms with Crippen LogP contribution in [0.15, 0.2) is 18.2 Å². The van der Waals surface area contributed by atoms with Gasteiger partial charge in [0.15, 0.2) is 0 Å². The molecule has 94 valence electrons. The molecule has 0 aromatic heterocycles. The fourth-order valence-corrected chi connectivity index (χ4v) is 2.27. The first kappa shape index (κ1) is 12.7. The van der Waals surface area contributed by atoms with Crippen LogP contribution in [0, 0.1) is 0 Å².